The lowest BCUT2D eigenvalue weighted by Crippen LogP contribution is -2.54. The number of nitrogens with one attached hydrogen (secondary N) is 2. The summed E-state index contributed by atoms with van der Waals surface area (Å²) < 4.78 is 0. The van der Waals surface area contributed by atoms with E-state index in [-0.39, 0.29) is 5.54 Å². The summed E-state index contributed by atoms with van der Waals surface area (Å²) in [6, 6.07) is 0. The summed E-state index contributed by atoms with van der Waals surface area (Å²) in [4.78, 5) is 6.94. The number of aliphatic imine (C=N–C) groups is 1. The third kappa shape index (κ3) is 4.97. The highest BCUT2D eigenvalue weighted by Gasteiger charge is 2.28. The van der Waals surface area contributed by atoms with Gasteiger partial charge in [0.25, 0.3) is 0 Å². The lowest BCUT2D eigenvalue weighted by molar-refractivity contribution is 0.0982. The molecule has 116 valence electrons. The van der Waals surface area contributed by atoms with E-state index in [2.05, 4.69) is 34.4 Å². The quantitative estimate of drug-likeness (QED) is 0.579. The number of rotatable bonds is 6. The summed E-state index contributed by atoms with van der Waals surface area (Å²) in [5.74, 6) is 1.93. The fraction of sp³-hybridized carbons (Fsp3) is 0.938. The van der Waals surface area contributed by atoms with Crippen LogP contribution in [0.3, 0.4) is 0 Å². The Labute approximate surface area is 124 Å². The van der Waals surface area contributed by atoms with Crippen LogP contribution >= 0.6 is 0 Å². The second-order valence-corrected chi connectivity index (χ2v) is 6.94. The number of likely N-dealkylation sites (tertiary alicyclic amines) is 1. The molecule has 2 rings (SSSR count). The molecule has 1 saturated carbocycles. The van der Waals surface area contributed by atoms with E-state index in [1.807, 2.05) is 7.05 Å². The van der Waals surface area contributed by atoms with Crippen molar-refractivity contribution in [2.24, 2.45) is 10.9 Å². The molecule has 2 aliphatic rings. The molecule has 2 fully saturated rings. The van der Waals surface area contributed by atoms with Gasteiger partial charge in [-0.2, -0.15) is 0 Å². The molecule has 4 heteroatoms. The molecule has 0 aromatic carbocycles. The molecule has 20 heavy (non-hydrogen) atoms. The number of hydrogen-bond acceptors (Lipinski definition) is 2. The maximum Gasteiger partial charge on any atom is 0.191 e. The second kappa shape index (κ2) is 7.30. The molecule has 0 radical (unpaired) electrons. The molecular weight excluding hydrogens is 248 g/mol. The SMILES string of the molecule is CN=C(NCCC1CC1)NCC(C)(C)N1CCCCC1. The molecule has 0 spiro atoms. The molecule has 0 bridgehead atoms. The van der Waals surface area contributed by atoms with Gasteiger partial charge >= 0.3 is 0 Å². The average Bonchev–Trinajstić information content (AvgIpc) is 3.28. The van der Waals surface area contributed by atoms with Gasteiger partial charge in [0.05, 0.1) is 0 Å². The zero-order valence-corrected chi connectivity index (χ0v) is 13.5. The fourth-order valence-corrected chi connectivity index (χ4v) is 2.93. The molecule has 1 aliphatic carbocycles. The minimum atomic E-state index is 0.203. The van der Waals surface area contributed by atoms with Crippen molar-refractivity contribution in [3.8, 4) is 0 Å². The van der Waals surface area contributed by atoms with E-state index >= 15 is 0 Å². The predicted octanol–water partition coefficient (Wildman–Crippen LogP) is 2.22. The smallest absolute Gasteiger partial charge is 0.191 e. The van der Waals surface area contributed by atoms with Gasteiger partial charge in [-0.05, 0) is 52.1 Å². The normalized spacial score (nSPS) is 21.9. The van der Waals surface area contributed by atoms with Crippen molar-refractivity contribution in [1.82, 2.24) is 15.5 Å². The van der Waals surface area contributed by atoms with E-state index in [1.54, 1.807) is 0 Å². The number of hydrogen-bond donors (Lipinski definition) is 2. The van der Waals surface area contributed by atoms with Crippen LogP contribution in [0.15, 0.2) is 4.99 Å². The van der Waals surface area contributed by atoms with Crippen LogP contribution in [0.2, 0.25) is 0 Å². The molecule has 1 aliphatic heterocycles. The van der Waals surface area contributed by atoms with Crippen molar-refractivity contribution in [2.75, 3.05) is 33.2 Å². The summed E-state index contributed by atoms with van der Waals surface area (Å²) in [7, 11) is 1.86. The van der Waals surface area contributed by atoms with Gasteiger partial charge in [0.2, 0.25) is 0 Å². The highest BCUT2D eigenvalue weighted by Crippen LogP contribution is 2.31. The van der Waals surface area contributed by atoms with Crippen molar-refractivity contribution >= 4 is 5.96 Å². The Bertz CT molecular complexity index is 314. The molecule has 4 nitrogen and oxygen atoms in total. The maximum atomic E-state index is 4.33. The maximum absolute atomic E-state index is 4.33. The molecule has 1 saturated heterocycles. The Kier molecular flexibility index (Phi) is 5.70. The van der Waals surface area contributed by atoms with Crippen LogP contribution in [0, 0.1) is 5.92 Å². The largest absolute Gasteiger partial charge is 0.356 e. The first-order valence-corrected chi connectivity index (χ1v) is 8.31. The number of guanidine groups is 1. The third-order valence-corrected chi connectivity index (χ3v) is 4.67. The lowest BCUT2D eigenvalue weighted by atomic mass is 9.98. The van der Waals surface area contributed by atoms with Crippen LogP contribution in [0.1, 0.15) is 52.4 Å². The molecule has 2 N–H and O–H groups in total. The van der Waals surface area contributed by atoms with Gasteiger partial charge in [-0.15, -0.1) is 0 Å². The van der Waals surface area contributed by atoms with E-state index in [9.17, 15) is 0 Å². The van der Waals surface area contributed by atoms with Crippen LogP contribution in [0.25, 0.3) is 0 Å². The van der Waals surface area contributed by atoms with E-state index in [0.717, 1.165) is 25.0 Å². The molecule has 0 unspecified atom stereocenters. The predicted molar refractivity (Wildman–Crippen MR) is 86.2 cm³/mol. The Morgan fingerprint density at radius 2 is 1.85 bits per heavy atom. The van der Waals surface area contributed by atoms with E-state index in [4.69, 9.17) is 0 Å². The molecule has 0 aromatic rings. The van der Waals surface area contributed by atoms with Crippen molar-refractivity contribution < 1.29 is 0 Å². The van der Waals surface area contributed by atoms with Gasteiger partial charge in [-0.25, -0.2) is 0 Å². The van der Waals surface area contributed by atoms with Gasteiger partial charge in [-0.1, -0.05) is 19.3 Å². The zero-order valence-electron chi connectivity index (χ0n) is 13.5. The second-order valence-electron chi connectivity index (χ2n) is 6.94. The van der Waals surface area contributed by atoms with Crippen LogP contribution in [-0.4, -0.2) is 49.6 Å². The average molecular weight is 280 g/mol. The third-order valence-electron chi connectivity index (χ3n) is 4.67. The van der Waals surface area contributed by atoms with E-state index in [1.165, 1.54) is 51.6 Å². The zero-order chi connectivity index (χ0) is 14.4. The highest BCUT2D eigenvalue weighted by atomic mass is 15.2. The van der Waals surface area contributed by atoms with Gasteiger partial charge in [-0.3, -0.25) is 9.89 Å². The van der Waals surface area contributed by atoms with Gasteiger partial charge in [0.1, 0.15) is 0 Å². The van der Waals surface area contributed by atoms with Crippen molar-refractivity contribution in [3.63, 3.8) is 0 Å². The molecule has 0 amide bonds. The minimum Gasteiger partial charge on any atom is -0.356 e. The number of nitrogens with zero attached hydrogens (tertiary/aromatic N) is 2. The summed E-state index contributed by atoms with van der Waals surface area (Å²) in [6.07, 6.45) is 8.22. The van der Waals surface area contributed by atoms with Crippen LogP contribution < -0.4 is 10.6 Å². The first kappa shape index (κ1) is 15.6. The Morgan fingerprint density at radius 1 is 1.15 bits per heavy atom. The molecule has 1 heterocycles. The first-order chi connectivity index (χ1) is 9.62. The lowest BCUT2D eigenvalue weighted by Gasteiger charge is -2.41. The van der Waals surface area contributed by atoms with Gasteiger partial charge < -0.3 is 10.6 Å². The summed E-state index contributed by atoms with van der Waals surface area (Å²) in [5, 5.41) is 6.93. The van der Waals surface area contributed by atoms with Crippen LogP contribution in [0.5, 0.6) is 0 Å². The van der Waals surface area contributed by atoms with E-state index in [0.29, 0.717) is 0 Å². The topological polar surface area (TPSA) is 39.7 Å². The highest BCUT2D eigenvalue weighted by molar-refractivity contribution is 5.79. The Morgan fingerprint density at radius 3 is 2.45 bits per heavy atom. The van der Waals surface area contributed by atoms with Crippen molar-refractivity contribution in [3.05, 3.63) is 0 Å². The first-order valence-electron chi connectivity index (χ1n) is 8.31. The van der Waals surface area contributed by atoms with Gasteiger partial charge in [0, 0.05) is 25.7 Å². The summed E-state index contributed by atoms with van der Waals surface area (Å²) in [6.45, 7) is 9.15. The molecular formula is C16H32N4. The van der Waals surface area contributed by atoms with Crippen LogP contribution in [-0.2, 0) is 0 Å². The monoisotopic (exact) mass is 280 g/mol. The van der Waals surface area contributed by atoms with Crippen LogP contribution in [0.4, 0.5) is 0 Å². The fourth-order valence-electron chi connectivity index (χ4n) is 2.93. The Hall–Kier alpha value is -0.770. The summed E-state index contributed by atoms with van der Waals surface area (Å²) >= 11 is 0. The number of piperidine rings is 1. The standard InChI is InChI=1S/C16H32N4/c1-16(2,20-11-5-4-6-12-20)13-19-15(17-3)18-10-9-14-7-8-14/h14H,4-13H2,1-3H3,(H2,17,18,19). The summed E-state index contributed by atoms with van der Waals surface area (Å²) in [5.41, 5.74) is 0.203. The molecule has 0 atom stereocenters. The van der Waals surface area contributed by atoms with Gasteiger partial charge in [0.15, 0.2) is 5.96 Å². The van der Waals surface area contributed by atoms with Crippen molar-refractivity contribution in [1.29, 1.82) is 0 Å². The van der Waals surface area contributed by atoms with E-state index < -0.39 is 0 Å². The van der Waals surface area contributed by atoms with Crippen molar-refractivity contribution in [2.45, 2.75) is 57.9 Å². The Balaban J connectivity index is 1.69. The minimum absolute atomic E-state index is 0.203. The molecule has 0 aromatic heterocycles.